The molecule has 0 atom stereocenters. The smallest absolute Gasteiger partial charge is 0.232 e. The van der Waals surface area contributed by atoms with Crippen LogP contribution in [-0.2, 0) is 4.74 Å². The van der Waals surface area contributed by atoms with E-state index in [1.165, 1.54) is 12.8 Å². The molecule has 3 rings (SSSR count). The molecule has 8 heteroatoms. The molecule has 0 amide bonds. The van der Waals surface area contributed by atoms with Gasteiger partial charge in [0.1, 0.15) is 0 Å². The van der Waals surface area contributed by atoms with Crippen molar-refractivity contribution in [3.63, 3.8) is 0 Å². The number of aliphatic hydroxyl groups excluding tert-OH is 1. The molecular weight excluding hydrogens is 348 g/mol. The fourth-order valence-electron chi connectivity index (χ4n) is 2.68. The van der Waals surface area contributed by atoms with Crippen LogP contribution in [0.5, 0.6) is 0 Å². The molecule has 1 fully saturated rings. The monoisotopic (exact) mass is 368 g/mol. The van der Waals surface area contributed by atoms with Gasteiger partial charge in [0.05, 0.1) is 30.5 Å². The molecule has 1 saturated heterocycles. The number of aromatic nitrogens is 3. The lowest BCUT2D eigenvalue weighted by Crippen LogP contribution is -2.22. The fraction of sp³-hybridized carbons (Fsp3) is 0.500. The summed E-state index contributed by atoms with van der Waals surface area (Å²) >= 11 is 7.99. The van der Waals surface area contributed by atoms with Crippen LogP contribution in [0.3, 0.4) is 0 Å². The third kappa shape index (κ3) is 4.03. The lowest BCUT2D eigenvalue weighted by molar-refractivity contribution is 0.103. The van der Waals surface area contributed by atoms with Gasteiger partial charge < -0.3 is 14.7 Å². The van der Waals surface area contributed by atoms with Crippen LogP contribution < -0.4 is 4.90 Å². The van der Waals surface area contributed by atoms with Crippen molar-refractivity contribution in [2.24, 2.45) is 0 Å². The summed E-state index contributed by atoms with van der Waals surface area (Å²) in [7, 11) is 0. The molecule has 130 valence electrons. The highest BCUT2D eigenvalue weighted by Gasteiger charge is 2.23. The van der Waals surface area contributed by atoms with Gasteiger partial charge >= 0.3 is 0 Å². The van der Waals surface area contributed by atoms with E-state index in [1.807, 2.05) is 28.8 Å². The van der Waals surface area contributed by atoms with Gasteiger partial charge in [0.2, 0.25) is 5.95 Å². The van der Waals surface area contributed by atoms with Crippen LogP contribution in [0.4, 0.5) is 5.95 Å². The van der Waals surface area contributed by atoms with Crippen molar-refractivity contribution in [3.05, 3.63) is 29.3 Å². The number of para-hydroxylation sites is 1. The Kier molecular flexibility index (Phi) is 6.37. The highest BCUT2D eigenvalue weighted by atomic mass is 35.5. The Balaban J connectivity index is 1.84. The maximum atomic E-state index is 8.75. The number of aliphatic hydroxyl groups is 1. The van der Waals surface area contributed by atoms with Gasteiger partial charge in [-0.2, -0.15) is 0 Å². The van der Waals surface area contributed by atoms with E-state index >= 15 is 0 Å². The number of halogens is 1. The number of hydrogen-bond donors (Lipinski definition) is 1. The van der Waals surface area contributed by atoms with E-state index in [9.17, 15) is 0 Å². The molecule has 0 radical (unpaired) electrons. The van der Waals surface area contributed by atoms with Gasteiger partial charge in [0.25, 0.3) is 0 Å². The Morgan fingerprint density at radius 3 is 2.71 bits per heavy atom. The molecule has 0 unspecified atom stereocenters. The van der Waals surface area contributed by atoms with Crippen LogP contribution in [0.25, 0.3) is 5.69 Å². The van der Waals surface area contributed by atoms with Gasteiger partial charge in [0, 0.05) is 18.8 Å². The minimum atomic E-state index is 0.0413. The summed E-state index contributed by atoms with van der Waals surface area (Å²) in [6.45, 7) is 2.94. The van der Waals surface area contributed by atoms with E-state index in [4.69, 9.17) is 21.4 Å². The largest absolute Gasteiger partial charge is 0.394 e. The molecule has 0 aliphatic carbocycles. The van der Waals surface area contributed by atoms with E-state index in [2.05, 4.69) is 15.1 Å². The fourth-order valence-corrected chi connectivity index (χ4v) is 3.69. The van der Waals surface area contributed by atoms with Crippen molar-refractivity contribution >= 4 is 29.3 Å². The van der Waals surface area contributed by atoms with Gasteiger partial charge in [-0.1, -0.05) is 35.5 Å². The Hall–Kier alpha value is -1.28. The van der Waals surface area contributed by atoms with Crippen LogP contribution in [0.1, 0.15) is 12.8 Å². The molecule has 2 heterocycles. The standard InChI is InChI=1S/C16H21ClN4O2S/c17-13-5-1-2-6-14(13)21-15(20-7-3-4-8-20)18-19-16(21)24-12-11-23-10-9-22/h1-2,5-6,22H,3-4,7-12H2. The lowest BCUT2D eigenvalue weighted by atomic mass is 10.3. The first-order valence-corrected chi connectivity index (χ1v) is 9.44. The van der Waals surface area contributed by atoms with Crippen molar-refractivity contribution in [3.8, 4) is 5.69 Å². The van der Waals surface area contributed by atoms with Crippen LogP contribution in [0.2, 0.25) is 5.02 Å². The molecule has 0 bridgehead atoms. The SMILES string of the molecule is OCCOCCSc1nnc(N2CCCC2)n1-c1ccccc1Cl. The Bertz CT molecular complexity index is 661. The van der Waals surface area contributed by atoms with E-state index in [-0.39, 0.29) is 6.61 Å². The van der Waals surface area contributed by atoms with Crippen molar-refractivity contribution in [2.45, 2.75) is 18.0 Å². The summed E-state index contributed by atoms with van der Waals surface area (Å²) in [5, 5.41) is 19.0. The third-order valence-electron chi connectivity index (χ3n) is 3.79. The summed E-state index contributed by atoms with van der Waals surface area (Å²) in [4.78, 5) is 2.25. The number of anilines is 1. The number of rotatable bonds is 8. The zero-order valence-corrected chi connectivity index (χ0v) is 15.0. The second kappa shape index (κ2) is 8.71. The second-order valence-electron chi connectivity index (χ2n) is 5.45. The molecule has 2 aromatic rings. The first kappa shape index (κ1) is 17.5. The number of nitrogens with zero attached hydrogens (tertiary/aromatic N) is 4. The second-order valence-corrected chi connectivity index (χ2v) is 6.92. The lowest BCUT2D eigenvalue weighted by Gasteiger charge is -2.19. The van der Waals surface area contributed by atoms with Gasteiger partial charge in [-0.3, -0.25) is 4.57 Å². The highest BCUT2D eigenvalue weighted by molar-refractivity contribution is 7.99. The van der Waals surface area contributed by atoms with Crippen molar-refractivity contribution in [2.75, 3.05) is 43.6 Å². The normalized spacial score (nSPS) is 14.5. The number of hydrogen-bond acceptors (Lipinski definition) is 6. The topological polar surface area (TPSA) is 63.4 Å². The van der Waals surface area contributed by atoms with E-state index in [1.54, 1.807) is 11.8 Å². The van der Waals surface area contributed by atoms with Crippen LogP contribution in [0, 0.1) is 0 Å². The number of benzene rings is 1. The molecule has 0 spiro atoms. The van der Waals surface area contributed by atoms with Crippen molar-refractivity contribution in [1.82, 2.24) is 14.8 Å². The summed E-state index contributed by atoms with van der Waals surface area (Å²) < 4.78 is 7.35. The average Bonchev–Trinajstić information content (AvgIpc) is 3.24. The zero-order valence-electron chi connectivity index (χ0n) is 13.4. The van der Waals surface area contributed by atoms with Crippen LogP contribution >= 0.6 is 23.4 Å². The molecule has 1 aliphatic rings. The Morgan fingerprint density at radius 2 is 1.96 bits per heavy atom. The first-order valence-electron chi connectivity index (χ1n) is 8.08. The van der Waals surface area contributed by atoms with Crippen molar-refractivity contribution < 1.29 is 9.84 Å². The summed E-state index contributed by atoms with van der Waals surface area (Å²) in [6, 6.07) is 7.75. The summed E-state index contributed by atoms with van der Waals surface area (Å²) in [6.07, 6.45) is 2.35. The minimum absolute atomic E-state index is 0.0413. The van der Waals surface area contributed by atoms with E-state index in [0.717, 1.165) is 35.6 Å². The van der Waals surface area contributed by atoms with Gasteiger partial charge in [-0.05, 0) is 25.0 Å². The first-order chi connectivity index (χ1) is 11.8. The van der Waals surface area contributed by atoms with Gasteiger partial charge in [0.15, 0.2) is 5.16 Å². The maximum absolute atomic E-state index is 8.75. The third-order valence-corrected chi connectivity index (χ3v) is 5.01. The van der Waals surface area contributed by atoms with E-state index < -0.39 is 0 Å². The quantitative estimate of drug-likeness (QED) is 0.571. The molecule has 0 saturated carbocycles. The molecule has 1 aromatic carbocycles. The van der Waals surface area contributed by atoms with Gasteiger partial charge in [-0.25, -0.2) is 0 Å². The molecule has 24 heavy (non-hydrogen) atoms. The molecule has 1 N–H and O–H groups in total. The summed E-state index contributed by atoms with van der Waals surface area (Å²) in [5.41, 5.74) is 0.893. The van der Waals surface area contributed by atoms with E-state index in [0.29, 0.717) is 18.2 Å². The molecule has 1 aliphatic heterocycles. The highest BCUT2D eigenvalue weighted by Crippen LogP contribution is 2.31. The zero-order chi connectivity index (χ0) is 16.8. The minimum Gasteiger partial charge on any atom is -0.394 e. The Labute approximate surface area is 150 Å². The molecular formula is C16H21ClN4O2S. The van der Waals surface area contributed by atoms with Gasteiger partial charge in [-0.15, -0.1) is 10.2 Å². The van der Waals surface area contributed by atoms with Crippen LogP contribution in [-0.4, -0.2) is 58.5 Å². The maximum Gasteiger partial charge on any atom is 0.232 e. The number of thioether (sulfide) groups is 1. The predicted octanol–water partition coefficient (Wildman–Crippen LogP) is 2.62. The predicted molar refractivity (Wildman–Crippen MR) is 96.4 cm³/mol. The van der Waals surface area contributed by atoms with Crippen LogP contribution in [0.15, 0.2) is 29.4 Å². The Morgan fingerprint density at radius 1 is 1.17 bits per heavy atom. The number of ether oxygens (including phenoxy) is 1. The molecule has 1 aromatic heterocycles. The van der Waals surface area contributed by atoms with Crippen molar-refractivity contribution in [1.29, 1.82) is 0 Å². The summed E-state index contributed by atoms with van der Waals surface area (Å²) in [5.74, 6) is 1.59. The molecule has 6 nitrogen and oxygen atoms in total. The average molecular weight is 369 g/mol.